The second-order valence-electron chi connectivity index (χ2n) is 4.05. The van der Waals surface area contributed by atoms with E-state index in [1.165, 1.54) is 11.8 Å². The van der Waals surface area contributed by atoms with Crippen LogP contribution >= 0.6 is 11.8 Å². The lowest BCUT2D eigenvalue weighted by Gasteiger charge is -1.97. The quantitative estimate of drug-likeness (QED) is 0.816. The first-order chi connectivity index (χ1) is 7.49. The lowest BCUT2D eigenvalue weighted by Crippen LogP contribution is -2.01. The van der Waals surface area contributed by atoms with Crippen LogP contribution in [0.25, 0.3) is 0 Å². The van der Waals surface area contributed by atoms with E-state index in [1.807, 2.05) is 7.05 Å². The molecule has 0 radical (unpaired) electrons. The van der Waals surface area contributed by atoms with E-state index in [0.717, 1.165) is 18.1 Å². The maximum atomic E-state index is 10.4. The second-order valence-corrected chi connectivity index (χ2v) is 5.04. The van der Waals surface area contributed by atoms with Gasteiger partial charge in [0.05, 0.1) is 11.5 Å². The number of nitrogens with zero attached hydrogens (tertiary/aromatic N) is 3. The molecule has 0 saturated heterocycles. The summed E-state index contributed by atoms with van der Waals surface area (Å²) in [6, 6.07) is 0. The third kappa shape index (κ3) is 4.22. The summed E-state index contributed by atoms with van der Waals surface area (Å²) >= 11 is 1.34. The van der Waals surface area contributed by atoms with Crippen molar-refractivity contribution in [1.82, 2.24) is 14.8 Å². The van der Waals surface area contributed by atoms with Crippen molar-refractivity contribution < 1.29 is 9.90 Å². The van der Waals surface area contributed by atoms with Gasteiger partial charge in [0.1, 0.15) is 5.82 Å². The summed E-state index contributed by atoms with van der Waals surface area (Å²) in [5.74, 6) is 2.10. The van der Waals surface area contributed by atoms with E-state index in [-0.39, 0.29) is 5.75 Å². The molecule has 0 unspecified atom stereocenters. The van der Waals surface area contributed by atoms with E-state index in [0.29, 0.717) is 11.7 Å². The largest absolute Gasteiger partial charge is 0.481 e. The predicted molar refractivity (Wildman–Crippen MR) is 63.3 cm³/mol. The van der Waals surface area contributed by atoms with Gasteiger partial charge in [-0.2, -0.15) is 5.10 Å². The van der Waals surface area contributed by atoms with Gasteiger partial charge in [-0.05, 0) is 5.92 Å². The van der Waals surface area contributed by atoms with Crippen LogP contribution in [-0.4, -0.2) is 31.6 Å². The Balaban J connectivity index is 2.53. The zero-order valence-electron chi connectivity index (χ0n) is 9.80. The highest BCUT2D eigenvalue weighted by molar-refractivity contribution is 7.99. The number of rotatable bonds is 6. The Morgan fingerprint density at radius 3 is 2.81 bits per heavy atom. The summed E-state index contributed by atoms with van der Waals surface area (Å²) in [5.41, 5.74) is 0. The van der Waals surface area contributed by atoms with Crippen LogP contribution in [-0.2, 0) is 24.0 Å². The number of carboxylic acid groups (broad SMARTS) is 1. The summed E-state index contributed by atoms with van der Waals surface area (Å²) in [4.78, 5) is 14.7. The normalized spacial score (nSPS) is 11.0. The van der Waals surface area contributed by atoms with Crippen LogP contribution in [0.1, 0.15) is 25.5 Å². The standard InChI is InChI=1S/C10H17N3O2S/c1-7(2)4-8-11-9(13(3)12-8)5-16-6-10(14)15/h7H,4-6H2,1-3H3,(H,14,15). The molecular weight excluding hydrogens is 226 g/mol. The fourth-order valence-electron chi connectivity index (χ4n) is 1.28. The van der Waals surface area contributed by atoms with Gasteiger partial charge in [0.15, 0.2) is 5.82 Å². The minimum Gasteiger partial charge on any atom is -0.481 e. The van der Waals surface area contributed by atoms with Gasteiger partial charge in [0.25, 0.3) is 0 Å². The molecule has 0 fully saturated rings. The molecule has 0 aliphatic heterocycles. The van der Waals surface area contributed by atoms with Crippen molar-refractivity contribution in [3.8, 4) is 0 Å². The summed E-state index contributed by atoms with van der Waals surface area (Å²) in [7, 11) is 1.84. The SMILES string of the molecule is CC(C)Cc1nc(CSCC(=O)O)n(C)n1. The number of thioether (sulfide) groups is 1. The van der Waals surface area contributed by atoms with Crippen LogP contribution in [0.3, 0.4) is 0 Å². The highest BCUT2D eigenvalue weighted by Gasteiger charge is 2.09. The van der Waals surface area contributed by atoms with E-state index in [4.69, 9.17) is 5.11 Å². The van der Waals surface area contributed by atoms with E-state index >= 15 is 0 Å². The Morgan fingerprint density at radius 1 is 1.56 bits per heavy atom. The van der Waals surface area contributed by atoms with Gasteiger partial charge in [-0.15, -0.1) is 11.8 Å². The summed E-state index contributed by atoms with van der Waals surface area (Å²) in [6.07, 6.45) is 0.859. The van der Waals surface area contributed by atoms with Gasteiger partial charge < -0.3 is 5.11 Å². The zero-order chi connectivity index (χ0) is 12.1. The maximum Gasteiger partial charge on any atom is 0.313 e. The molecule has 0 spiro atoms. The van der Waals surface area contributed by atoms with E-state index in [2.05, 4.69) is 23.9 Å². The van der Waals surface area contributed by atoms with Gasteiger partial charge in [-0.3, -0.25) is 9.48 Å². The molecule has 1 heterocycles. The van der Waals surface area contributed by atoms with Crippen molar-refractivity contribution >= 4 is 17.7 Å². The number of hydrogen-bond donors (Lipinski definition) is 1. The maximum absolute atomic E-state index is 10.4. The fraction of sp³-hybridized carbons (Fsp3) is 0.700. The molecule has 1 N–H and O–H groups in total. The number of aromatic nitrogens is 3. The molecule has 0 aliphatic rings. The molecule has 0 saturated carbocycles. The van der Waals surface area contributed by atoms with E-state index in [9.17, 15) is 4.79 Å². The highest BCUT2D eigenvalue weighted by Crippen LogP contribution is 2.11. The second kappa shape index (κ2) is 5.89. The Kier molecular flexibility index (Phi) is 4.79. The van der Waals surface area contributed by atoms with E-state index in [1.54, 1.807) is 4.68 Å². The molecule has 0 amide bonds. The van der Waals surface area contributed by atoms with Gasteiger partial charge >= 0.3 is 5.97 Å². The highest BCUT2D eigenvalue weighted by atomic mass is 32.2. The molecule has 0 aliphatic carbocycles. The first kappa shape index (κ1) is 13.0. The monoisotopic (exact) mass is 243 g/mol. The smallest absolute Gasteiger partial charge is 0.313 e. The van der Waals surface area contributed by atoms with Crippen molar-refractivity contribution in [2.24, 2.45) is 13.0 Å². The number of hydrogen-bond acceptors (Lipinski definition) is 4. The van der Waals surface area contributed by atoms with Crippen LogP contribution in [0.4, 0.5) is 0 Å². The summed E-state index contributed by atoms with van der Waals surface area (Å²) < 4.78 is 1.73. The Hall–Kier alpha value is -1.04. The molecule has 1 rings (SSSR count). The first-order valence-electron chi connectivity index (χ1n) is 5.17. The Labute approximate surface area is 99.3 Å². The van der Waals surface area contributed by atoms with Crippen molar-refractivity contribution in [2.45, 2.75) is 26.0 Å². The zero-order valence-corrected chi connectivity index (χ0v) is 10.6. The summed E-state index contributed by atoms with van der Waals surface area (Å²) in [6.45, 7) is 4.24. The van der Waals surface area contributed by atoms with E-state index < -0.39 is 5.97 Å². The van der Waals surface area contributed by atoms with Gasteiger partial charge in [-0.1, -0.05) is 13.8 Å². The molecule has 16 heavy (non-hydrogen) atoms. The first-order valence-corrected chi connectivity index (χ1v) is 6.33. The van der Waals surface area contributed by atoms with Crippen LogP contribution in [0.15, 0.2) is 0 Å². The molecule has 6 heteroatoms. The van der Waals surface area contributed by atoms with Crippen LogP contribution < -0.4 is 0 Å². The van der Waals surface area contributed by atoms with Crippen molar-refractivity contribution in [2.75, 3.05) is 5.75 Å². The number of carboxylic acids is 1. The fourth-order valence-corrected chi connectivity index (χ4v) is 1.99. The number of aryl methyl sites for hydroxylation is 1. The van der Waals surface area contributed by atoms with Crippen LogP contribution in [0, 0.1) is 5.92 Å². The molecule has 1 aromatic heterocycles. The topological polar surface area (TPSA) is 68.0 Å². The molecule has 0 aromatic carbocycles. The van der Waals surface area contributed by atoms with Crippen molar-refractivity contribution in [1.29, 1.82) is 0 Å². The number of aliphatic carboxylic acids is 1. The summed E-state index contributed by atoms with van der Waals surface area (Å²) in [5, 5.41) is 12.8. The molecule has 90 valence electrons. The van der Waals surface area contributed by atoms with Crippen LogP contribution in [0.2, 0.25) is 0 Å². The van der Waals surface area contributed by atoms with Crippen LogP contribution in [0.5, 0.6) is 0 Å². The van der Waals surface area contributed by atoms with Gasteiger partial charge in [0.2, 0.25) is 0 Å². The average Bonchev–Trinajstić information content (AvgIpc) is 2.45. The average molecular weight is 243 g/mol. The molecule has 5 nitrogen and oxygen atoms in total. The molecule has 0 atom stereocenters. The minimum absolute atomic E-state index is 0.104. The Bertz CT molecular complexity index is 363. The molecular formula is C10H17N3O2S. The minimum atomic E-state index is -0.797. The third-order valence-corrected chi connectivity index (χ3v) is 2.86. The lowest BCUT2D eigenvalue weighted by molar-refractivity contribution is -0.133. The lowest BCUT2D eigenvalue weighted by atomic mass is 10.1. The third-order valence-electron chi connectivity index (χ3n) is 1.94. The van der Waals surface area contributed by atoms with Gasteiger partial charge in [-0.25, -0.2) is 4.98 Å². The van der Waals surface area contributed by atoms with Crippen molar-refractivity contribution in [3.05, 3.63) is 11.6 Å². The Morgan fingerprint density at radius 2 is 2.25 bits per heavy atom. The van der Waals surface area contributed by atoms with Gasteiger partial charge in [0, 0.05) is 13.5 Å². The predicted octanol–water partition coefficient (Wildman–Crippen LogP) is 1.33. The number of carbonyl (C=O) groups is 1. The molecule has 1 aromatic rings. The van der Waals surface area contributed by atoms with Crippen molar-refractivity contribution in [3.63, 3.8) is 0 Å². The molecule has 0 bridgehead atoms.